The number of rotatable bonds is 10. The Labute approximate surface area is 254 Å². The second-order valence-corrected chi connectivity index (χ2v) is 11.5. The minimum absolute atomic E-state index is 0. The van der Waals surface area contributed by atoms with Gasteiger partial charge in [0.05, 0.1) is 29.3 Å². The predicted molar refractivity (Wildman–Crippen MR) is 162 cm³/mol. The average Bonchev–Trinajstić information content (AvgIpc) is 3.31. The van der Waals surface area contributed by atoms with E-state index in [1.165, 1.54) is 36.4 Å². The zero-order valence-corrected chi connectivity index (χ0v) is 24.7. The Balaban J connectivity index is 0.00000405. The Morgan fingerprint density at radius 3 is 2.45 bits per heavy atom. The highest BCUT2D eigenvalue weighted by atomic mass is 35.5. The van der Waals surface area contributed by atoms with Crippen molar-refractivity contribution >= 4 is 62.2 Å². The van der Waals surface area contributed by atoms with E-state index in [9.17, 15) is 18.3 Å². The lowest BCUT2D eigenvalue weighted by molar-refractivity contribution is -0.116. The number of sulfonamides is 1. The number of fused-ring (bicyclic) bond motifs is 1. The molecule has 2 N–H and O–H groups in total. The molecule has 2 heterocycles. The van der Waals surface area contributed by atoms with Crippen molar-refractivity contribution in [3.63, 3.8) is 0 Å². The number of aromatic hydroxyl groups is 1. The van der Waals surface area contributed by atoms with Crippen molar-refractivity contribution < 1.29 is 27.8 Å². The van der Waals surface area contributed by atoms with Crippen LogP contribution in [0.3, 0.4) is 0 Å². The van der Waals surface area contributed by atoms with Gasteiger partial charge in [0.1, 0.15) is 18.9 Å². The molecule has 0 atom stereocenters. The number of halogens is 2. The van der Waals surface area contributed by atoms with Gasteiger partial charge in [-0.25, -0.2) is 8.42 Å². The highest BCUT2D eigenvalue weighted by Crippen LogP contribution is 2.35. The van der Waals surface area contributed by atoms with Crippen LogP contribution < -0.4 is 9.04 Å². The first-order chi connectivity index (χ1) is 19.8. The lowest BCUT2D eigenvalue weighted by atomic mass is 10.2. The highest BCUT2D eigenvalue weighted by molar-refractivity contribution is 7.92. The Hall–Kier alpha value is -3.68. The van der Waals surface area contributed by atoms with Crippen molar-refractivity contribution in [2.75, 3.05) is 50.3 Å². The monoisotopic (exact) mass is 633 g/mol. The Morgan fingerprint density at radius 1 is 1.05 bits per heavy atom. The van der Waals surface area contributed by atoms with Gasteiger partial charge in [0.25, 0.3) is 15.9 Å². The average molecular weight is 635 g/mol. The number of ether oxygens (including phenoxy) is 2. The van der Waals surface area contributed by atoms with Crippen LogP contribution in [-0.2, 0) is 19.6 Å². The van der Waals surface area contributed by atoms with Crippen LogP contribution in [0.15, 0.2) is 87.9 Å². The van der Waals surface area contributed by atoms with Crippen LogP contribution in [0.25, 0.3) is 10.9 Å². The molecule has 0 aliphatic carbocycles. The fraction of sp³-hybridized carbons (Fsp3) is 0.250. The molecular formula is C28H29Cl2N5O6S. The predicted octanol–water partition coefficient (Wildman–Crippen LogP) is 5.17. The van der Waals surface area contributed by atoms with Crippen LogP contribution in [0.4, 0.5) is 11.4 Å². The molecule has 1 aromatic heterocycles. The summed E-state index contributed by atoms with van der Waals surface area (Å²) in [6.45, 7) is 3.66. The van der Waals surface area contributed by atoms with Crippen molar-refractivity contribution in [3.05, 3.63) is 77.8 Å². The number of amides is 1. The number of anilines is 1. The fourth-order valence-electron chi connectivity index (χ4n) is 4.35. The first-order valence-corrected chi connectivity index (χ1v) is 14.7. The van der Waals surface area contributed by atoms with Gasteiger partial charge in [0.2, 0.25) is 5.88 Å². The number of aromatic amines is 1. The van der Waals surface area contributed by atoms with Crippen LogP contribution in [-0.4, -0.2) is 75.3 Å². The molecule has 222 valence electrons. The van der Waals surface area contributed by atoms with E-state index in [-0.39, 0.29) is 34.6 Å². The zero-order valence-electron chi connectivity index (χ0n) is 22.3. The summed E-state index contributed by atoms with van der Waals surface area (Å²) in [6.07, 6.45) is 0. The van der Waals surface area contributed by atoms with Gasteiger partial charge < -0.3 is 19.6 Å². The Kier molecular flexibility index (Phi) is 10.4. The molecule has 0 radical (unpaired) electrons. The normalized spacial score (nSPS) is 14.1. The van der Waals surface area contributed by atoms with Gasteiger partial charge in [0.15, 0.2) is 5.69 Å². The summed E-state index contributed by atoms with van der Waals surface area (Å²) < 4.78 is 39.5. The minimum atomic E-state index is -4.20. The lowest BCUT2D eigenvalue weighted by Crippen LogP contribution is -2.38. The first-order valence-electron chi connectivity index (χ1n) is 12.9. The number of nitrogens with zero attached hydrogens (tertiary/aromatic N) is 4. The van der Waals surface area contributed by atoms with E-state index in [2.05, 4.69) is 20.1 Å². The SMILES string of the molecule is Cl.O=C(CN(c1ccc(Cl)cc1)S(=O)(=O)c1ccc(OCCN2CCOCC2)cc1)N=Nc1c(O)[nH]c2ccccc12. The molecule has 3 aromatic carbocycles. The summed E-state index contributed by atoms with van der Waals surface area (Å²) in [7, 11) is -4.20. The number of hydrogen-bond donors (Lipinski definition) is 2. The number of hydrogen-bond acceptors (Lipinski definition) is 8. The number of benzene rings is 3. The molecule has 1 saturated heterocycles. The quantitative estimate of drug-likeness (QED) is 0.230. The Bertz CT molecular complexity index is 1640. The van der Waals surface area contributed by atoms with Gasteiger partial charge in [-0.2, -0.15) is 0 Å². The van der Waals surface area contributed by atoms with Gasteiger partial charge in [-0.1, -0.05) is 29.8 Å². The third-order valence-electron chi connectivity index (χ3n) is 6.51. The molecule has 11 nitrogen and oxygen atoms in total. The van der Waals surface area contributed by atoms with Gasteiger partial charge in [-0.15, -0.1) is 22.6 Å². The fourth-order valence-corrected chi connectivity index (χ4v) is 5.89. The van der Waals surface area contributed by atoms with Gasteiger partial charge in [0, 0.05) is 30.0 Å². The summed E-state index contributed by atoms with van der Waals surface area (Å²) in [6, 6.07) is 19.1. The molecule has 1 fully saturated rings. The third-order valence-corrected chi connectivity index (χ3v) is 8.55. The lowest BCUT2D eigenvalue weighted by Gasteiger charge is -2.26. The summed E-state index contributed by atoms with van der Waals surface area (Å²) in [5, 5.41) is 18.8. The largest absolute Gasteiger partial charge is 0.493 e. The van der Waals surface area contributed by atoms with E-state index in [0.717, 1.165) is 23.9 Å². The van der Waals surface area contributed by atoms with Crippen molar-refractivity contribution in [1.82, 2.24) is 9.88 Å². The van der Waals surface area contributed by atoms with E-state index in [1.807, 2.05) is 0 Å². The molecule has 4 aromatic rings. The van der Waals surface area contributed by atoms with Crippen molar-refractivity contribution in [2.24, 2.45) is 10.2 Å². The molecule has 42 heavy (non-hydrogen) atoms. The second-order valence-electron chi connectivity index (χ2n) is 9.22. The first kappa shape index (κ1) is 31.3. The third kappa shape index (κ3) is 7.39. The van der Waals surface area contributed by atoms with Gasteiger partial charge in [-0.3, -0.25) is 14.0 Å². The number of carbonyl (C=O) groups excluding carboxylic acids is 1. The zero-order chi connectivity index (χ0) is 28.8. The van der Waals surface area contributed by atoms with Crippen LogP contribution in [0.5, 0.6) is 11.6 Å². The van der Waals surface area contributed by atoms with E-state index in [1.54, 1.807) is 36.4 Å². The smallest absolute Gasteiger partial charge is 0.285 e. The number of azo groups is 1. The van der Waals surface area contributed by atoms with Crippen LogP contribution in [0.2, 0.25) is 5.02 Å². The van der Waals surface area contributed by atoms with Crippen LogP contribution >= 0.6 is 24.0 Å². The van der Waals surface area contributed by atoms with Gasteiger partial charge >= 0.3 is 0 Å². The number of nitrogens with one attached hydrogen (secondary N) is 1. The summed E-state index contributed by atoms with van der Waals surface area (Å²) in [4.78, 5) is 17.9. The standard InChI is InChI=1S/C28H28ClN5O6S.ClH/c29-20-5-7-21(8-6-20)34(19-26(35)31-32-27-24-3-1-2-4-25(24)30-28(27)36)41(37,38)23-11-9-22(10-12-23)40-18-15-33-13-16-39-17-14-33;/h1-12,30,36H,13-19H2;1H. The van der Waals surface area contributed by atoms with Crippen LogP contribution in [0.1, 0.15) is 0 Å². The molecule has 1 aliphatic rings. The number of H-pyrrole nitrogens is 1. The van der Waals surface area contributed by atoms with E-state index >= 15 is 0 Å². The molecule has 0 saturated carbocycles. The maximum Gasteiger partial charge on any atom is 0.285 e. The summed E-state index contributed by atoms with van der Waals surface area (Å²) >= 11 is 6.01. The van der Waals surface area contributed by atoms with Crippen molar-refractivity contribution in [2.45, 2.75) is 4.90 Å². The minimum Gasteiger partial charge on any atom is -0.493 e. The topological polar surface area (TPSA) is 137 Å². The second kappa shape index (κ2) is 14.0. The molecule has 0 bridgehead atoms. The maximum atomic E-state index is 13.7. The molecule has 0 spiro atoms. The Morgan fingerprint density at radius 2 is 1.74 bits per heavy atom. The molecular weight excluding hydrogens is 605 g/mol. The molecule has 1 amide bonds. The van der Waals surface area contributed by atoms with E-state index in [4.69, 9.17) is 21.1 Å². The van der Waals surface area contributed by atoms with Crippen LogP contribution in [0, 0.1) is 0 Å². The molecule has 5 rings (SSSR count). The summed E-state index contributed by atoms with van der Waals surface area (Å²) in [5.74, 6) is -0.563. The number of para-hydroxylation sites is 1. The highest BCUT2D eigenvalue weighted by Gasteiger charge is 2.27. The number of morpholine rings is 1. The van der Waals surface area contributed by atoms with E-state index < -0.39 is 22.5 Å². The molecule has 14 heteroatoms. The van der Waals surface area contributed by atoms with E-state index in [0.29, 0.717) is 41.5 Å². The number of carbonyl (C=O) groups is 1. The molecule has 1 aliphatic heterocycles. The number of aromatic nitrogens is 1. The molecule has 0 unspecified atom stereocenters. The summed E-state index contributed by atoms with van der Waals surface area (Å²) in [5.41, 5.74) is 0.920. The van der Waals surface area contributed by atoms with Crippen molar-refractivity contribution in [1.29, 1.82) is 0 Å². The van der Waals surface area contributed by atoms with Gasteiger partial charge in [-0.05, 0) is 54.6 Å². The van der Waals surface area contributed by atoms with Crippen molar-refractivity contribution in [3.8, 4) is 11.6 Å². The maximum absolute atomic E-state index is 13.7.